The van der Waals surface area contributed by atoms with Gasteiger partial charge >= 0.3 is 0 Å². The van der Waals surface area contributed by atoms with E-state index in [1.54, 1.807) is 0 Å². The van der Waals surface area contributed by atoms with Gasteiger partial charge in [-0.2, -0.15) is 0 Å². The lowest BCUT2D eigenvalue weighted by Gasteiger charge is -2.35. The van der Waals surface area contributed by atoms with Crippen LogP contribution in [-0.4, -0.2) is 0 Å². The third kappa shape index (κ3) is 31.2. The highest BCUT2D eigenvalue weighted by Gasteiger charge is 2.47. The molecule has 0 aliphatic rings. The predicted octanol–water partition coefficient (Wildman–Crippen LogP) is 18.5. The standard InChI is InChI=1S/H36O16P34/c17-29-1-41(2-30-18)45(9-37-25)13-49(14-46(10-38-26)42(3-31-19)4-32-20)50(15-47(11-39-27)43(5-33-21)6-34-22)16-48(12-40-28)44(7-35-23)8-36-24/h29-40H,17-28H2. The van der Waals surface area contributed by atoms with Crippen LogP contribution in [0.2, 0.25) is 0 Å². The van der Waals surface area contributed by atoms with Gasteiger partial charge in [-0.05, 0) is 0 Å². The van der Waals surface area contributed by atoms with Gasteiger partial charge in [0.25, 0.3) is 80.6 Å². The maximum atomic E-state index is 6.76. The van der Waals surface area contributed by atoms with E-state index >= 15 is 0 Å². The zero-order valence-corrected chi connectivity index (χ0v) is 58.7. The Kier molecular flexibility index (Phi) is 59.8. The first-order valence-electron chi connectivity index (χ1n) is 10.6. The molecular weight excluding hydrogens is 1310 g/mol. The molecule has 0 radical (unpaired) electrons. The van der Waals surface area contributed by atoms with Gasteiger partial charge in [0, 0.05) is 102 Å². The maximum Gasteiger partial charge on any atom is 0.268 e. The summed E-state index contributed by atoms with van der Waals surface area (Å²) >= 11 is 0. The minimum atomic E-state index is -2.24. The van der Waals surface area contributed by atoms with E-state index in [4.69, 9.17) is 69.0 Å². The van der Waals surface area contributed by atoms with Gasteiger partial charge in [-0.1, -0.05) is 107 Å². The highest BCUT2D eigenvalue weighted by atomic mass is 32.2. The fraction of sp³-hybridized carbons (Fsp3) is 0. The third-order valence-corrected chi connectivity index (χ3v) is 50.6. The Hall–Kier alpha value is 14.0. The van der Waals surface area contributed by atoms with Crippen molar-refractivity contribution >= 4 is 290 Å². The van der Waals surface area contributed by atoms with Crippen LogP contribution in [0.1, 0.15) is 0 Å². The van der Waals surface area contributed by atoms with Crippen molar-refractivity contribution in [2.45, 2.75) is 0 Å². The van der Waals surface area contributed by atoms with Gasteiger partial charge in [-0.15, -0.1) is 0 Å². The van der Waals surface area contributed by atoms with Crippen LogP contribution in [0, 0.1) is 0 Å². The second-order valence-corrected chi connectivity index (χ2v) is 42.5. The van der Waals surface area contributed by atoms with Crippen molar-refractivity contribution in [3.63, 3.8) is 0 Å². The van der Waals surface area contributed by atoms with Crippen LogP contribution in [0.15, 0.2) is 0 Å². The molecule has 28 unspecified atom stereocenters. The van der Waals surface area contributed by atoms with E-state index in [-0.39, 0.29) is 102 Å². The normalized spacial score (nSPS) is 21.1. The van der Waals surface area contributed by atoms with Gasteiger partial charge in [0.1, 0.15) is 0 Å². The van der Waals surface area contributed by atoms with E-state index in [1.165, 1.54) is 0 Å². The van der Waals surface area contributed by atoms with Gasteiger partial charge < -0.3 is 51.7 Å². The van der Waals surface area contributed by atoms with Crippen molar-refractivity contribution in [3.8, 4) is 0 Å². The molecule has 28 atom stereocenters. The second-order valence-electron chi connectivity index (χ2n) is 5.21. The van der Waals surface area contributed by atoms with E-state index < -0.39 is 80.6 Å². The first kappa shape index (κ1) is 64.0. The Labute approximate surface area is 355 Å². The Bertz CT molecular complexity index is 587. The summed E-state index contributed by atoms with van der Waals surface area (Å²) in [7, 11) is 12.0. The molecule has 50 heavy (non-hydrogen) atoms. The van der Waals surface area contributed by atoms with Crippen LogP contribution in [0.5, 0.6) is 0 Å². The van der Waals surface area contributed by atoms with Crippen molar-refractivity contribution in [1.29, 1.82) is 0 Å². The summed E-state index contributed by atoms with van der Waals surface area (Å²) in [6, 6.07) is 0. The summed E-state index contributed by atoms with van der Waals surface area (Å²) in [6.07, 6.45) is 0. The molecule has 0 saturated carbocycles. The van der Waals surface area contributed by atoms with E-state index in [2.05, 4.69) is 107 Å². The summed E-state index contributed by atoms with van der Waals surface area (Å²) in [5.41, 5.74) is 0. The molecule has 50 heteroatoms. The van der Waals surface area contributed by atoms with E-state index in [0.717, 1.165) is 0 Å². The van der Waals surface area contributed by atoms with Crippen molar-refractivity contribution in [2.75, 3.05) is 0 Å². The lowest BCUT2D eigenvalue weighted by Crippen LogP contribution is -1.92. The van der Waals surface area contributed by atoms with E-state index in [9.17, 15) is 0 Å². The first-order valence-corrected chi connectivity index (χ1v) is 58.5. The Morgan fingerprint density at radius 2 is 0.300 bits per heavy atom. The van der Waals surface area contributed by atoms with E-state index in [1.807, 2.05) is 0 Å². The molecule has 0 spiro atoms. The van der Waals surface area contributed by atoms with Crippen molar-refractivity contribution in [1.82, 2.24) is 0 Å². The van der Waals surface area contributed by atoms with Crippen LogP contribution in [0.4, 0.5) is 0 Å². The molecule has 0 saturated heterocycles. The number of hydrogen-bond donors (Lipinski definition) is 0. The van der Waals surface area contributed by atoms with Crippen LogP contribution in [0.3, 0.4) is 0 Å². The minimum Gasteiger partial charge on any atom is -0.303 e. The van der Waals surface area contributed by atoms with Crippen molar-refractivity contribution in [3.05, 3.63) is 0 Å². The second kappa shape index (κ2) is 46.7. The zero-order valence-electron chi connectivity index (χ0n) is 23.9. The van der Waals surface area contributed by atoms with Crippen molar-refractivity contribution in [2.24, 2.45) is 0 Å². The highest BCUT2D eigenvalue weighted by Crippen LogP contribution is 2.97. The largest absolute Gasteiger partial charge is 0.303 e. The number of hydrogen-bond acceptors (Lipinski definition) is 16. The molecule has 302 valence electrons. The highest BCUT2D eigenvalue weighted by molar-refractivity contribution is 8.38. The molecular formula is H36O16P34. The molecule has 0 heterocycles. The summed E-state index contributed by atoms with van der Waals surface area (Å²) < 4.78 is 99.4. The summed E-state index contributed by atoms with van der Waals surface area (Å²) in [6.45, 7) is 0. The molecule has 0 aromatic heterocycles. The monoisotopic (exact) mass is 1350 g/mol. The average molecular weight is 1350 g/mol. The lowest BCUT2D eigenvalue weighted by atomic mass is 15.8. The zero-order chi connectivity index (χ0) is 37.6. The fourth-order valence-electron chi connectivity index (χ4n) is 1.59. The van der Waals surface area contributed by atoms with Crippen LogP contribution >= 0.6 is 290 Å². The summed E-state index contributed by atoms with van der Waals surface area (Å²) in [4.78, 5) is 0. The molecule has 0 aliphatic heterocycles. The topological polar surface area (TPSA) is 148 Å². The Morgan fingerprint density at radius 3 is 0.420 bits per heavy atom. The SMILES string of the molecule is PPOP(OPP)P(OPP)OP(OP(OPP)P(OPP)OPP)P(OP(OPP)P(OPP)OPP)OP(OPP)P(OPP)OPP. The van der Waals surface area contributed by atoms with Gasteiger partial charge in [0.15, 0.2) is 0 Å². The molecule has 0 fully saturated rings. The average Bonchev–Trinajstić information content (AvgIpc) is 3.09. The lowest BCUT2D eigenvalue weighted by molar-refractivity contribution is 0.460. The van der Waals surface area contributed by atoms with Crippen LogP contribution < -0.4 is 0 Å². The number of rotatable bonds is 37. The molecule has 0 aromatic rings. The predicted molar refractivity (Wildman–Crippen MR) is 303 cm³/mol. The van der Waals surface area contributed by atoms with Gasteiger partial charge in [-0.3, -0.25) is 17.2 Å². The minimum absolute atomic E-state index is 0.0256. The van der Waals surface area contributed by atoms with E-state index in [0.29, 0.717) is 0 Å². The molecule has 0 aromatic carbocycles. The van der Waals surface area contributed by atoms with Gasteiger partial charge in [-0.25, -0.2) is 0 Å². The summed E-state index contributed by atoms with van der Waals surface area (Å²) in [5, 5.41) is 0. The third-order valence-electron chi connectivity index (χ3n) is 2.80. The molecule has 16 nitrogen and oxygen atoms in total. The fourth-order valence-corrected chi connectivity index (χ4v) is 60.7. The molecule has 0 N–H and O–H groups in total. The molecule has 0 aliphatic carbocycles. The van der Waals surface area contributed by atoms with Gasteiger partial charge in [0.2, 0.25) is 0 Å². The van der Waals surface area contributed by atoms with Crippen LogP contribution in [-0.2, 0) is 69.0 Å². The summed E-state index contributed by atoms with van der Waals surface area (Å²) in [5.74, 6) is 0. The Morgan fingerprint density at radius 1 is 0.180 bits per heavy atom. The first-order chi connectivity index (χ1) is 24.3. The van der Waals surface area contributed by atoms with Crippen molar-refractivity contribution < 1.29 is 69.0 Å². The smallest absolute Gasteiger partial charge is 0.268 e. The molecule has 0 bridgehead atoms. The maximum absolute atomic E-state index is 6.76. The molecule has 0 amide bonds. The Balaban J connectivity index is 7.46. The molecule has 0 rings (SSSR count). The quantitative estimate of drug-likeness (QED) is 0.0543. The van der Waals surface area contributed by atoms with Crippen LogP contribution in [0.25, 0.3) is 0 Å². The van der Waals surface area contributed by atoms with Gasteiger partial charge in [0.05, 0.1) is 0 Å².